The first-order valence-electron chi connectivity index (χ1n) is 9.95. The number of carbonyl (C=O) groups excluding carboxylic acids is 1. The van der Waals surface area contributed by atoms with Crippen LogP contribution in [0.25, 0.3) is 10.9 Å². The summed E-state index contributed by atoms with van der Waals surface area (Å²) < 4.78 is 12.8. The van der Waals surface area contributed by atoms with E-state index < -0.39 is 0 Å². The molecule has 3 heterocycles. The summed E-state index contributed by atoms with van der Waals surface area (Å²) in [6.07, 6.45) is 5.91. The van der Waals surface area contributed by atoms with Gasteiger partial charge in [-0.3, -0.25) is 4.79 Å². The summed E-state index contributed by atoms with van der Waals surface area (Å²) >= 11 is 0. The molecular formula is C24H24N4O3. The number of nitrogen functional groups attached to an aromatic ring is 1. The number of hydrogen-bond acceptors (Lipinski definition) is 5. The fraction of sp³-hybridized carbons (Fsp3) is 0.250. The number of nitrogens with two attached hydrogens (primary N) is 1. The van der Waals surface area contributed by atoms with Crippen molar-refractivity contribution >= 4 is 22.6 Å². The molecule has 1 aliphatic rings. The lowest BCUT2D eigenvalue weighted by Gasteiger charge is -2.16. The van der Waals surface area contributed by atoms with Crippen LogP contribution in [0.15, 0.2) is 49.3 Å². The Morgan fingerprint density at radius 2 is 2.00 bits per heavy atom. The first kappa shape index (κ1) is 20.4. The minimum atomic E-state index is -0.0490. The smallest absolute Gasteiger partial charge is 0.246 e. The van der Waals surface area contributed by atoms with Crippen LogP contribution in [0.4, 0.5) is 5.82 Å². The molecule has 1 aromatic carbocycles. The Morgan fingerprint density at radius 3 is 2.68 bits per heavy atom. The molecule has 0 saturated carbocycles. The van der Waals surface area contributed by atoms with Crippen molar-refractivity contribution in [2.24, 2.45) is 0 Å². The number of amides is 1. The molecule has 0 radical (unpaired) electrons. The van der Waals surface area contributed by atoms with E-state index in [-0.39, 0.29) is 11.9 Å². The first-order chi connectivity index (χ1) is 15.0. The lowest BCUT2D eigenvalue weighted by Crippen LogP contribution is -2.27. The molecule has 158 valence electrons. The highest BCUT2D eigenvalue weighted by Gasteiger charge is 2.27. The number of likely N-dealkylation sites (tertiary alicyclic amines) is 1. The van der Waals surface area contributed by atoms with Crippen LogP contribution in [0.1, 0.15) is 23.6 Å². The molecule has 7 nitrogen and oxygen atoms in total. The van der Waals surface area contributed by atoms with E-state index >= 15 is 0 Å². The third-order valence-corrected chi connectivity index (χ3v) is 5.51. The number of fused-ring (bicyclic) bond motifs is 1. The molecule has 0 bridgehead atoms. The molecule has 1 saturated heterocycles. The monoisotopic (exact) mass is 416 g/mol. The predicted octanol–water partition coefficient (Wildman–Crippen LogP) is 2.99. The fourth-order valence-electron chi connectivity index (χ4n) is 3.95. The van der Waals surface area contributed by atoms with E-state index in [0.29, 0.717) is 30.4 Å². The second-order valence-corrected chi connectivity index (χ2v) is 7.32. The van der Waals surface area contributed by atoms with Gasteiger partial charge in [0.15, 0.2) is 0 Å². The van der Waals surface area contributed by atoms with Crippen molar-refractivity contribution in [2.75, 3.05) is 33.0 Å². The lowest BCUT2D eigenvalue weighted by molar-refractivity contribution is -0.125. The van der Waals surface area contributed by atoms with Crippen molar-refractivity contribution in [3.05, 3.63) is 60.4 Å². The van der Waals surface area contributed by atoms with Gasteiger partial charge < -0.3 is 24.7 Å². The molecule has 1 amide bonds. The molecule has 7 heteroatoms. The van der Waals surface area contributed by atoms with Crippen LogP contribution in [0.3, 0.4) is 0 Å². The standard InChI is InChI=1S/C24H24N4O3/c1-4-22(29)27-10-8-18(15-27)28-14-17(23-21(28)7-9-26-24(23)25)6-5-16-11-19(30-2)13-20(12-16)31-3/h4,7,9,11-14,18H,1,8,10,15H2,2-3H3,(H2,25,26)/t18-/m0/s1. The molecule has 3 aromatic rings. The Hall–Kier alpha value is -3.92. The Labute approximate surface area is 181 Å². The number of aromatic nitrogens is 2. The Balaban J connectivity index is 1.75. The van der Waals surface area contributed by atoms with E-state index in [1.165, 1.54) is 6.08 Å². The molecule has 1 aliphatic heterocycles. The highest BCUT2D eigenvalue weighted by Crippen LogP contribution is 2.32. The van der Waals surface area contributed by atoms with Gasteiger partial charge in [0.25, 0.3) is 0 Å². The maximum Gasteiger partial charge on any atom is 0.246 e. The third-order valence-electron chi connectivity index (χ3n) is 5.51. The summed E-state index contributed by atoms with van der Waals surface area (Å²) in [6.45, 7) is 4.90. The number of ether oxygens (including phenoxy) is 2. The summed E-state index contributed by atoms with van der Waals surface area (Å²) in [4.78, 5) is 18.1. The summed E-state index contributed by atoms with van der Waals surface area (Å²) in [5.74, 6) is 8.15. The normalized spacial score (nSPS) is 15.4. The van der Waals surface area contributed by atoms with Gasteiger partial charge in [-0.15, -0.1) is 0 Å². The maximum atomic E-state index is 12.0. The molecular weight excluding hydrogens is 392 g/mol. The maximum absolute atomic E-state index is 12.0. The molecule has 2 N–H and O–H groups in total. The Bertz CT molecular complexity index is 1200. The average Bonchev–Trinajstić information content (AvgIpc) is 3.42. The number of benzene rings is 1. The van der Waals surface area contributed by atoms with Crippen molar-refractivity contribution in [3.8, 4) is 23.3 Å². The number of hydrogen-bond donors (Lipinski definition) is 1. The van der Waals surface area contributed by atoms with Gasteiger partial charge in [-0.25, -0.2) is 4.98 Å². The predicted molar refractivity (Wildman–Crippen MR) is 120 cm³/mol. The van der Waals surface area contributed by atoms with E-state index in [9.17, 15) is 4.79 Å². The molecule has 1 fully saturated rings. The van der Waals surface area contributed by atoms with Gasteiger partial charge in [-0.1, -0.05) is 18.4 Å². The highest BCUT2D eigenvalue weighted by molar-refractivity contribution is 5.95. The van der Waals surface area contributed by atoms with Crippen molar-refractivity contribution in [2.45, 2.75) is 12.5 Å². The van der Waals surface area contributed by atoms with E-state index in [0.717, 1.165) is 28.5 Å². The van der Waals surface area contributed by atoms with E-state index in [4.69, 9.17) is 15.2 Å². The van der Waals surface area contributed by atoms with Gasteiger partial charge in [0.05, 0.1) is 36.7 Å². The highest BCUT2D eigenvalue weighted by atomic mass is 16.5. The average molecular weight is 416 g/mol. The number of carbonyl (C=O) groups is 1. The van der Waals surface area contributed by atoms with Crippen LogP contribution in [0.5, 0.6) is 11.5 Å². The zero-order valence-electron chi connectivity index (χ0n) is 17.6. The zero-order valence-corrected chi connectivity index (χ0v) is 17.6. The summed E-state index contributed by atoms with van der Waals surface area (Å²) in [5, 5.41) is 0.818. The van der Waals surface area contributed by atoms with Gasteiger partial charge in [0, 0.05) is 37.1 Å². The lowest BCUT2D eigenvalue weighted by atomic mass is 10.1. The molecule has 31 heavy (non-hydrogen) atoms. The molecule has 0 spiro atoms. The second kappa shape index (κ2) is 8.44. The molecule has 1 atom stereocenters. The fourth-order valence-corrected chi connectivity index (χ4v) is 3.95. The van der Waals surface area contributed by atoms with E-state index in [2.05, 4.69) is 28.0 Å². The number of nitrogens with zero attached hydrogens (tertiary/aromatic N) is 3. The Morgan fingerprint density at radius 1 is 1.26 bits per heavy atom. The van der Waals surface area contributed by atoms with Crippen LogP contribution in [-0.4, -0.2) is 47.7 Å². The summed E-state index contributed by atoms with van der Waals surface area (Å²) in [6, 6.07) is 7.58. The van der Waals surface area contributed by atoms with Gasteiger partial charge in [0.2, 0.25) is 5.91 Å². The van der Waals surface area contributed by atoms with Gasteiger partial charge in [-0.2, -0.15) is 0 Å². The Kier molecular flexibility index (Phi) is 5.54. The van der Waals surface area contributed by atoms with Crippen LogP contribution >= 0.6 is 0 Å². The largest absolute Gasteiger partial charge is 0.497 e. The minimum absolute atomic E-state index is 0.0490. The van der Waals surface area contributed by atoms with Crippen molar-refractivity contribution < 1.29 is 14.3 Å². The van der Waals surface area contributed by atoms with Crippen LogP contribution in [0, 0.1) is 11.8 Å². The third kappa shape index (κ3) is 3.92. The quantitative estimate of drug-likeness (QED) is 0.522. The zero-order chi connectivity index (χ0) is 22.0. The number of pyridine rings is 1. The summed E-state index contributed by atoms with van der Waals surface area (Å²) in [7, 11) is 3.21. The van der Waals surface area contributed by atoms with Crippen molar-refractivity contribution in [1.29, 1.82) is 0 Å². The van der Waals surface area contributed by atoms with Gasteiger partial charge >= 0.3 is 0 Å². The molecule has 2 aromatic heterocycles. The van der Waals surface area contributed by atoms with E-state index in [1.807, 2.05) is 29.3 Å². The molecule has 0 unspecified atom stereocenters. The van der Waals surface area contributed by atoms with Crippen molar-refractivity contribution in [1.82, 2.24) is 14.5 Å². The topological polar surface area (TPSA) is 82.6 Å². The second-order valence-electron chi connectivity index (χ2n) is 7.32. The number of methoxy groups -OCH3 is 2. The van der Waals surface area contributed by atoms with Crippen LogP contribution in [-0.2, 0) is 4.79 Å². The molecule has 4 rings (SSSR count). The molecule has 0 aliphatic carbocycles. The number of rotatable bonds is 4. The van der Waals surface area contributed by atoms with Crippen molar-refractivity contribution in [3.63, 3.8) is 0 Å². The number of anilines is 1. The van der Waals surface area contributed by atoms with Gasteiger partial charge in [0.1, 0.15) is 17.3 Å². The van der Waals surface area contributed by atoms with E-state index in [1.54, 1.807) is 26.5 Å². The SMILES string of the molecule is C=CC(=O)N1CC[C@H](n2cc(C#Cc3cc(OC)cc(OC)c3)c3c(N)nccc32)C1. The van der Waals surface area contributed by atoms with Crippen LogP contribution < -0.4 is 15.2 Å². The van der Waals surface area contributed by atoms with Gasteiger partial charge in [-0.05, 0) is 30.7 Å². The first-order valence-corrected chi connectivity index (χ1v) is 9.95. The minimum Gasteiger partial charge on any atom is -0.497 e. The van der Waals surface area contributed by atoms with Crippen LogP contribution in [0.2, 0.25) is 0 Å². The summed E-state index contributed by atoms with van der Waals surface area (Å²) in [5.41, 5.74) is 8.73.